The Balaban J connectivity index is 2.39. The van der Waals surface area contributed by atoms with Crippen molar-refractivity contribution in [3.63, 3.8) is 0 Å². The molecule has 0 amide bonds. The van der Waals surface area contributed by atoms with Crippen molar-refractivity contribution in [3.8, 4) is 0 Å². The molecule has 1 atom stereocenters. The van der Waals surface area contributed by atoms with Gasteiger partial charge in [0.15, 0.2) is 0 Å². The normalized spacial score (nSPS) is 24.6. The lowest BCUT2D eigenvalue weighted by molar-refractivity contribution is 0.597. The molecule has 1 rings (SSSR count). The molecule has 0 spiro atoms. The van der Waals surface area contributed by atoms with E-state index in [0.29, 0.717) is 5.92 Å². The Morgan fingerprint density at radius 3 is 3.20 bits per heavy atom. The lowest BCUT2D eigenvalue weighted by Gasteiger charge is -2.13. The van der Waals surface area contributed by atoms with Gasteiger partial charge in [-0.2, -0.15) is 0 Å². The minimum atomic E-state index is 0.586. The van der Waals surface area contributed by atoms with Gasteiger partial charge in [-0.25, -0.2) is 0 Å². The predicted molar refractivity (Wildman–Crippen MR) is 45.1 cm³/mol. The van der Waals surface area contributed by atoms with Crippen molar-refractivity contribution in [3.05, 3.63) is 23.3 Å². The van der Waals surface area contributed by atoms with Gasteiger partial charge in [0, 0.05) is 11.6 Å². The first-order chi connectivity index (χ1) is 4.83. The molecule has 1 aliphatic carbocycles. The second-order valence-corrected chi connectivity index (χ2v) is 3.01. The summed E-state index contributed by atoms with van der Waals surface area (Å²) in [7, 11) is 1.96. The van der Waals surface area contributed by atoms with E-state index >= 15 is 0 Å². The minimum Gasteiger partial charge on any atom is -0.319 e. The van der Waals surface area contributed by atoms with E-state index in [4.69, 9.17) is 11.6 Å². The summed E-state index contributed by atoms with van der Waals surface area (Å²) in [6.07, 6.45) is 7.14. The standard InChI is InChI=1S/C8H12ClN/c1-10-6-7-3-2-4-8(9)5-7/h2-4,7,10H,5-6H2,1H3. The first kappa shape index (κ1) is 7.83. The van der Waals surface area contributed by atoms with Crippen LogP contribution in [0.3, 0.4) is 0 Å². The van der Waals surface area contributed by atoms with Crippen molar-refractivity contribution in [2.75, 3.05) is 13.6 Å². The average Bonchev–Trinajstić information content (AvgIpc) is 1.88. The molecule has 1 N–H and O–H groups in total. The van der Waals surface area contributed by atoms with Gasteiger partial charge in [-0.15, -0.1) is 0 Å². The van der Waals surface area contributed by atoms with Crippen LogP contribution in [-0.4, -0.2) is 13.6 Å². The van der Waals surface area contributed by atoms with Gasteiger partial charge in [-0.1, -0.05) is 23.8 Å². The van der Waals surface area contributed by atoms with Crippen LogP contribution in [0.25, 0.3) is 0 Å². The van der Waals surface area contributed by atoms with Gasteiger partial charge in [0.25, 0.3) is 0 Å². The van der Waals surface area contributed by atoms with Crippen molar-refractivity contribution in [1.82, 2.24) is 5.32 Å². The zero-order valence-electron chi connectivity index (χ0n) is 6.10. The Kier molecular flexibility index (Phi) is 2.97. The molecule has 1 aliphatic rings. The SMILES string of the molecule is CNCC1C=CC=C(Cl)C1. The molecular formula is C8H12ClN. The lowest BCUT2D eigenvalue weighted by Crippen LogP contribution is -2.17. The fourth-order valence-electron chi connectivity index (χ4n) is 1.11. The third-order valence-electron chi connectivity index (χ3n) is 1.58. The van der Waals surface area contributed by atoms with Crippen LogP contribution in [0.5, 0.6) is 0 Å². The predicted octanol–water partition coefficient (Wildman–Crippen LogP) is 1.90. The molecule has 0 saturated heterocycles. The van der Waals surface area contributed by atoms with Gasteiger partial charge in [-0.3, -0.25) is 0 Å². The highest BCUT2D eigenvalue weighted by molar-refractivity contribution is 6.29. The molecule has 0 radical (unpaired) electrons. The topological polar surface area (TPSA) is 12.0 Å². The van der Waals surface area contributed by atoms with E-state index in [1.54, 1.807) is 0 Å². The van der Waals surface area contributed by atoms with E-state index in [0.717, 1.165) is 18.0 Å². The maximum Gasteiger partial charge on any atom is 0.0187 e. The number of halogens is 1. The maximum atomic E-state index is 5.83. The molecule has 0 aliphatic heterocycles. The van der Waals surface area contributed by atoms with E-state index in [1.807, 2.05) is 19.2 Å². The Hall–Kier alpha value is -0.270. The van der Waals surface area contributed by atoms with Crippen LogP contribution in [0.15, 0.2) is 23.3 Å². The highest BCUT2D eigenvalue weighted by atomic mass is 35.5. The van der Waals surface area contributed by atoms with E-state index < -0.39 is 0 Å². The van der Waals surface area contributed by atoms with E-state index in [9.17, 15) is 0 Å². The van der Waals surface area contributed by atoms with Crippen molar-refractivity contribution in [2.24, 2.45) is 5.92 Å². The summed E-state index contributed by atoms with van der Waals surface area (Å²) in [5.74, 6) is 0.586. The summed E-state index contributed by atoms with van der Waals surface area (Å²) < 4.78 is 0. The zero-order valence-corrected chi connectivity index (χ0v) is 6.86. The Bertz CT molecular complexity index is 161. The molecule has 0 bridgehead atoms. The molecule has 1 unspecified atom stereocenters. The quantitative estimate of drug-likeness (QED) is 0.646. The van der Waals surface area contributed by atoms with Gasteiger partial charge >= 0.3 is 0 Å². The molecule has 1 nitrogen and oxygen atoms in total. The lowest BCUT2D eigenvalue weighted by atomic mass is 10.0. The van der Waals surface area contributed by atoms with Crippen LogP contribution in [0.1, 0.15) is 6.42 Å². The summed E-state index contributed by atoms with van der Waals surface area (Å²) in [4.78, 5) is 0. The van der Waals surface area contributed by atoms with Crippen LogP contribution in [0.2, 0.25) is 0 Å². The van der Waals surface area contributed by atoms with Gasteiger partial charge in [-0.05, 0) is 25.5 Å². The number of hydrogen-bond acceptors (Lipinski definition) is 1. The Morgan fingerprint density at radius 1 is 1.80 bits per heavy atom. The van der Waals surface area contributed by atoms with Crippen molar-refractivity contribution in [2.45, 2.75) is 6.42 Å². The monoisotopic (exact) mass is 157 g/mol. The molecule has 0 aromatic carbocycles. The van der Waals surface area contributed by atoms with Crippen LogP contribution < -0.4 is 5.32 Å². The molecule has 10 heavy (non-hydrogen) atoms. The third kappa shape index (κ3) is 2.16. The maximum absolute atomic E-state index is 5.83. The number of rotatable bonds is 2. The van der Waals surface area contributed by atoms with Gasteiger partial charge in [0.05, 0.1) is 0 Å². The number of nitrogens with one attached hydrogen (secondary N) is 1. The van der Waals surface area contributed by atoms with Crippen LogP contribution in [0, 0.1) is 5.92 Å². The summed E-state index contributed by atoms with van der Waals surface area (Å²) in [5, 5.41) is 4.08. The molecule has 56 valence electrons. The van der Waals surface area contributed by atoms with E-state index in [1.165, 1.54) is 0 Å². The molecule has 0 heterocycles. The summed E-state index contributed by atoms with van der Waals surface area (Å²) in [6, 6.07) is 0. The van der Waals surface area contributed by atoms with Gasteiger partial charge < -0.3 is 5.32 Å². The van der Waals surface area contributed by atoms with Crippen LogP contribution in [-0.2, 0) is 0 Å². The number of allylic oxidation sites excluding steroid dienone is 3. The van der Waals surface area contributed by atoms with Gasteiger partial charge in [0.2, 0.25) is 0 Å². The minimum absolute atomic E-state index is 0.586. The second kappa shape index (κ2) is 3.79. The Labute approximate surface area is 66.8 Å². The van der Waals surface area contributed by atoms with Crippen molar-refractivity contribution < 1.29 is 0 Å². The highest BCUT2D eigenvalue weighted by Crippen LogP contribution is 2.20. The summed E-state index contributed by atoms with van der Waals surface area (Å²) in [5.41, 5.74) is 0. The van der Waals surface area contributed by atoms with Crippen LogP contribution in [0.4, 0.5) is 0 Å². The zero-order chi connectivity index (χ0) is 7.40. The third-order valence-corrected chi connectivity index (χ3v) is 1.86. The van der Waals surface area contributed by atoms with Crippen molar-refractivity contribution >= 4 is 11.6 Å². The fraction of sp³-hybridized carbons (Fsp3) is 0.500. The summed E-state index contributed by atoms with van der Waals surface area (Å²) in [6.45, 7) is 1.01. The average molecular weight is 158 g/mol. The van der Waals surface area contributed by atoms with Crippen molar-refractivity contribution in [1.29, 1.82) is 0 Å². The Morgan fingerprint density at radius 2 is 2.60 bits per heavy atom. The first-order valence-corrected chi connectivity index (χ1v) is 3.88. The molecule has 0 aromatic heterocycles. The molecule has 2 heteroatoms. The molecule has 0 aromatic rings. The highest BCUT2D eigenvalue weighted by Gasteiger charge is 2.07. The smallest absolute Gasteiger partial charge is 0.0187 e. The summed E-state index contributed by atoms with van der Waals surface area (Å²) >= 11 is 5.83. The van der Waals surface area contributed by atoms with Crippen LogP contribution >= 0.6 is 11.6 Å². The molecule has 0 fully saturated rings. The fourth-order valence-corrected chi connectivity index (χ4v) is 1.38. The first-order valence-electron chi connectivity index (χ1n) is 3.50. The molecular weight excluding hydrogens is 146 g/mol. The molecule has 0 saturated carbocycles. The number of hydrogen-bond donors (Lipinski definition) is 1. The van der Waals surface area contributed by atoms with E-state index in [-0.39, 0.29) is 0 Å². The largest absolute Gasteiger partial charge is 0.319 e. The second-order valence-electron chi connectivity index (χ2n) is 2.52. The van der Waals surface area contributed by atoms with E-state index in [2.05, 4.69) is 11.4 Å². The van der Waals surface area contributed by atoms with Gasteiger partial charge in [0.1, 0.15) is 0 Å².